The summed E-state index contributed by atoms with van der Waals surface area (Å²) in [7, 11) is 0. The summed E-state index contributed by atoms with van der Waals surface area (Å²) < 4.78 is 0. The molecule has 26 heteroatoms. The first-order chi connectivity index (χ1) is 33.0. The summed E-state index contributed by atoms with van der Waals surface area (Å²) in [5.41, 5.74) is 17.1. The normalized spacial score (nSPS) is 16.7. The quantitative estimate of drug-likeness (QED) is 0.0333. The highest BCUT2D eigenvalue weighted by molar-refractivity contribution is 7.98. The molecule has 1 heterocycles. The lowest BCUT2D eigenvalue weighted by molar-refractivity contribution is -0.146. The fraction of sp³-hybridized carbons (Fsp3) is 0.614. The summed E-state index contributed by atoms with van der Waals surface area (Å²) in [4.78, 5) is 144. The SMILES string of the molecule is CSCC[C@H](N)C(=O)N[C@@H](CCC(N)=O)C(=O)NCC(=O)N[C@@H](CC(C)C)C(=O)N[C@@H](CCC(N)=O)C(=O)N[C@@H](CO)C(=O)N1CCC[C@H]1C(=O)N[C@@H](Cc1ccccc1)C(=O)N[C@H](C(=O)O)[C@@H](C)O. The minimum absolute atomic E-state index is 0.00559. The van der Waals surface area contributed by atoms with E-state index in [0.29, 0.717) is 17.7 Å². The van der Waals surface area contributed by atoms with Crippen LogP contribution >= 0.6 is 11.8 Å². The molecule has 10 amide bonds. The van der Waals surface area contributed by atoms with Crippen molar-refractivity contribution >= 4 is 76.8 Å². The molecule has 1 fully saturated rings. The van der Waals surface area contributed by atoms with Gasteiger partial charge < -0.3 is 74.6 Å². The molecule has 0 saturated carbocycles. The standard InChI is InChI=1S/C44H69N11O14S/c1-23(2)19-29(49-35(60)21-48-38(62)27(12-14-33(46)58)50-37(61)26(45)16-18-70-4)40(64)51-28(13-15-34(47)59)39(63)53-31(22-56)43(67)55-17-8-11-32(55)42(66)52-30(20-25-9-6-5-7-10-25)41(65)54-36(24(3)57)44(68)69/h5-7,9-10,23-24,26-32,36,56-57H,8,11-22,45H2,1-4H3,(H2,46,58)(H2,47,59)(H,48,62)(H,49,60)(H,50,61)(H,51,64)(H,52,66)(H,53,63)(H,54,65)(H,68,69)/t24-,26+,27+,28+,29+,30+,31+,32+,36+/m1/s1. The smallest absolute Gasteiger partial charge is 0.328 e. The van der Waals surface area contributed by atoms with Gasteiger partial charge in [0.15, 0.2) is 6.04 Å². The number of aliphatic hydroxyl groups excluding tert-OH is 2. The molecule has 1 saturated heterocycles. The van der Waals surface area contributed by atoms with E-state index in [9.17, 15) is 68.1 Å². The fourth-order valence-electron chi connectivity index (χ4n) is 7.21. The van der Waals surface area contributed by atoms with Crippen LogP contribution in [0.2, 0.25) is 0 Å². The zero-order valence-corrected chi connectivity index (χ0v) is 40.6. The van der Waals surface area contributed by atoms with Crippen LogP contribution in [0.5, 0.6) is 0 Å². The maximum atomic E-state index is 13.9. The summed E-state index contributed by atoms with van der Waals surface area (Å²) >= 11 is 1.46. The first-order valence-corrected chi connectivity index (χ1v) is 24.1. The van der Waals surface area contributed by atoms with E-state index in [4.69, 9.17) is 17.2 Å². The number of carbonyl (C=O) groups is 11. The van der Waals surface area contributed by atoms with Crippen LogP contribution in [0, 0.1) is 5.92 Å². The van der Waals surface area contributed by atoms with Crippen LogP contribution < -0.4 is 54.4 Å². The van der Waals surface area contributed by atoms with Gasteiger partial charge in [0.05, 0.1) is 25.3 Å². The Balaban J connectivity index is 2.24. The van der Waals surface area contributed by atoms with Crippen LogP contribution in [0.15, 0.2) is 30.3 Å². The van der Waals surface area contributed by atoms with Crippen LogP contribution in [0.3, 0.4) is 0 Å². The Morgan fingerprint density at radius 2 is 1.29 bits per heavy atom. The van der Waals surface area contributed by atoms with Crippen molar-refractivity contribution in [1.29, 1.82) is 0 Å². The average molecular weight is 1010 g/mol. The number of rotatable bonds is 31. The van der Waals surface area contributed by atoms with Gasteiger partial charge in [0.25, 0.3) is 0 Å². The fourth-order valence-corrected chi connectivity index (χ4v) is 7.70. The van der Waals surface area contributed by atoms with Crippen molar-refractivity contribution in [2.75, 3.05) is 31.7 Å². The number of primary amides is 2. The summed E-state index contributed by atoms with van der Waals surface area (Å²) in [6, 6.07) is -2.72. The molecule has 1 aliphatic rings. The second kappa shape index (κ2) is 30.3. The van der Waals surface area contributed by atoms with Crippen LogP contribution in [-0.4, -0.2) is 171 Å². The first-order valence-electron chi connectivity index (χ1n) is 22.8. The second-order valence-corrected chi connectivity index (χ2v) is 18.2. The van der Waals surface area contributed by atoms with E-state index in [1.807, 2.05) is 6.26 Å². The van der Waals surface area contributed by atoms with Gasteiger partial charge in [0.2, 0.25) is 59.1 Å². The van der Waals surface area contributed by atoms with Crippen LogP contribution in [-0.2, 0) is 59.2 Å². The number of benzene rings is 1. The van der Waals surface area contributed by atoms with Crippen molar-refractivity contribution in [2.24, 2.45) is 23.1 Å². The van der Waals surface area contributed by atoms with E-state index in [-0.39, 0.29) is 51.0 Å². The number of likely N-dealkylation sites (tertiary alicyclic amines) is 1. The highest BCUT2D eigenvalue weighted by Crippen LogP contribution is 2.20. The molecule has 16 N–H and O–H groups in total. The number of nitrogens with one attached hydrogen (secondary N) is 7. The van der Waals surface area contributed by atoms with Gasteiger partial charge in [-0.2, -0.15) is 11.8 Å². The number of hydrogen-bond donors (Lipinski definition) is 13. The van der Waals surface area contributed by atoms with Crippen LogP contribution in [0.25, 0.3) is 0 Å². The van der Waals surface area contributed by atoms with Crippen molar-refractivity contribution in [3.8, 4) is 0 Å². The highest BCUT2D eigenvalue weighted by Gasteiger charge is 2.40. The van der Waals surface area contributed by atoms with Crippen molar-refractivity contribution in [1.82, 2.24) is 42.1 Å². The Bertz CT molecular complexity index is 2000. The third-order valence-electron chi connectivity index (χ3n) is 11.0. The number of thioether (sulfide) groups is 1. The lowest BCUT2D eigenvalue weighted by atomic mass is 10.0. The minimum atomic E-state index is -1.71. The van der Waals surface area contributed by atoms with E-state index < -0.39 is 145 Å². The van der Waals surface area contributed by atoms with Gasteiger partial charge in [-0.05, 0) is 68.9 Å². The molecule has 0 aromatic heterocycles. The van der Waals surface area contributed by atoms with E-state index in [2.05, 4.69) is 37.2 Å². The minimum Gasteiger partial charge on any atom is -0.480 e. The molecule has 1 aromatic rings. The van der Waals surface area contributed by atoms with Crippen molar-refractivity contribution < 1.29 is 68.1 Å². The zero-order chi connectivity index (χ0) is 52.7. The Morgan fingerprint density at radius 3 is 1.83 bits per heavy atom. The van der Waals surface area contributed by atoms with Crippen molar-refractivity contribution in [2.45, 2.75) is 133 Å². The molecule has 0 radical (unpaired) electrons. The lowest BCUT2D eigenvalue weighted by Crippen LogP contribution is -2.60. The molecule has 2 rings (SSSR count). The maximum absolute atomic E-state index is 13.9. The maximum Gasteiger partial charge on any atom is 0.328 e. The average Bonchev–Trinajstić information content (AvgIpc) is 3.80. The van der Waals surface area contributed by atoms with Crippen molar-refractivity contribution in [3.63, 3.8) is 0 Å². The number of carboxylic acid groups (broad SMARTS) is 1. The third-order valence-corrected chi connectivity index (χ3v) is 11.6. The Labute approximate surface area is 409 Å². The summed E-state index contributed by atoms with van der Waals surface area (Å²) in [6.45, 7) is 2.92. The van der Waals surface area contributed by atoms with Gasteiger partial charge in [-0.25, -0.2) is 4.79 Å². The van der Waals surface area contributed by atoms with Crippen LogP contribution in [0.1, 0.15) is 77.7 Å². The molecule has 0 bridgehead atoms. The van der Waals surface area contributed by atoms with E-state index >= 15 is 0 Å². The van der Waals surface area contributed by atoms with Gasteiger partial charge in [-0.3, -0.25) is 47.9 Å². The van der Waals surface area contributed by atoms with E-state index in [0.717, 1.165) is 11.8 Å². The number of carbonyl (C=O) groups excluding carboxylic acids is 10. The Morgan fingerprint density at radius 1 is 0.729 bits per heavy atom. The first kappa shape index (κ1) is 59.7. The molecule has 0 aliphatic carbocycles. The predicted octanol–water partition coefficient (Wildman–Crippen LogP) is -4.64. The number of amides is 10. The number of aliphatic carboxylic acids is 1. The molecule has 1 aliphatic heterocycles. The van der Waals surface area contributed by atoms with E-state index in [1.54, 1.807) is 44.2 Å². The van der Waals surface area contributed by atoms with Crippen molar-refractivity contribution in [3.05, 3.63) is 35.9 Å². The monoisotopic (exact) mass is 1010 g/mol. The summed E-state index contributed by atoms with van der Waals surface area (Å²) in [5.74, 6) is -9.78. The molecular formula is C44H69N11O14S. The Kier molecular flexibility index (Phi) is 25.8. The van der Waals surface area contributed by atoms with Gasteiger partial charge in [-0.15, -0.1) is 0 Å². The summed E-state index contributed by atoms with van der Waals surface area (Å²) in [5, 5.41) is 46.8. The second-order valence-electron chi connectivity index (χ2n) is 17.2. The predicted molar refractivity (Wildman–Crippen MR) is 253 cm³/mol. The summed E-state index contributed by atoms with van der Waals surface area (Å²) in [6.07, 6.45) is -0.390. The number of aliphatic hydroxyl groups is 2. The number of hydrogen-bond acceptors (Lipinski definition) is 15. The van der Waals surface area contributed by atoms with Gasteiger partial charge in [0.1, 0.15) is 36.3 Å². The highest BCUT2D eigenvalue weighted by atomic mass is 32.2. The molecule has 1 aromatic carbocycles. The van der Waals surface area contributed by atoms with E-state index in [1.165, 1.54) is 11.8 Å². The molecule has 70 heavy (non-hydrogen) atoms. The molecule has 25 nitrogen and oxygen atoms in total. The van der Waals surface area contributed by atoms with Gasteiger partial charge >= 0.3 is 5.97 Å². The number of carboxylic acids is 1. The molecule has 9 atom stereocenters. The van der Waals surface area contributed by atoms with Gasteiger partial charge in [0, 0.05) is 25.8 Å². The van der Waals surface area contributed by atoms with Gasteiger partial charge in [-0.1, -0.05) is 44.2 Å². The topological polar surface area (TPSA) is 414 Å². The molecule has 0 spiro atoms. The van der Waals surface area contributed by atoms with Crippen LogP contribution in [0.4, 0.5) is 0 Å². The zero-order valence-electron chi connectivity index (χ0n) is 39.8. The molecule has 0 unspecified atom stereocenters. The largest absolute Gasteiger partial charge is 0.480 e. The molecule has 390 valence electrons. The molecular weight excluding hydrogens is 939 g/mol. The third kappa shape index (κ3) is 20.7. The lowest BCUT2D eigenvalue weighted by Gasteiger charge is -2.30. The number of nitrogens with two attached hydrogens (primary N) is 3. The number of nitrogens with zero attached hydrogens (tertiary/aromatic N) is 1. The Hall–Kier alpha value is -6.38.